The number of nitrogens with one attached hydrogen (secondary N) is 2. The van der Waals surface area contributed by atoms with Crippen molar-refractivity contribution in [2.75, 3.05) is 19.5 Å². The van der Waals surface area contributed by atoms with Crippen molar-refractivity contribution in [3.63, 3.8) is 0 Å². The summed E-state index contributed by atoms with van der Waals surface area (Å²) >= 11 is 5.72. The fraction of sp³-hybridized carbons (Fsp3) is 0.150. The van der Waals surface area contributed by atoms with Gasteiger partial charge >= 0.3 is 0 Å². The lowest BCUT2D eigenvalue weighted by atomic mass is 10.2. The molecule has 1 amide bonds. The van der Waals surface area contributed by atoms with E-state index in [0.717, 1.165) is 6.07 Å². The van der Waals surface area contributed by atoms with E-state index in [1.54, 1.807) is 12.1 Å². The van der Waals surface area contributed by atoms with Crippen molar-refractivity contribution in [2.24, 2.45) is 0 Å². The van der Waals surface area contributed by atoms with E-state index in [1.807, 2.05) is 0 Å². The van der Waals surface area contributed by atoms with E-state index in [2.05, 4.69) is 15.3 Å². The Labute approximate surface area is 174 Å². The van der Waals surface area contributed by atoms with Crippen molar-refractivity contribution in [3.8, 4) is 11.5 Å². The minimum absolute atomic E-state index is 0.114. The van der Waals surface area contributed by atoms with Crippen molar-refractivity contribution in [1.29, 1.82) is 0 Å². The van der Waals surface area contributed by atoms with Gasteiger partial charge in [0.2, 0.25) is 5.91 Å². The van der Waals surface area contributed by atoms with Crippen LogP contribution < -0.4 is 20.3 Å². The summed E-state index contributed by atoms with van der Waals surface area (Å²) in [7, 11) is 3.04. The van der Waals surface area contributed by atoms with Gasteiger partial charge in [0.05, 0.1) is 31.1 Å². The summed E-state index contributed by atoms with van der Waals surface area (Å²) in [6.07, 6.45) is 1.30. The average Bonchev–Trinajstić information content (AvgIpc) is 3.10. The van der Waals surface area contributed by atoms with Crippen molar-refractivity contribution < 1.29 is 18.7 Å². The summed E-state index contributed by atoms with van der Waals surface area (Å²) in [6, 6.07) is 7.25. The summed E-state index contributed by atoms with van der Waals surface area (Å²) < 4.78 is 25.0. The zero-order chi connectivity index (χ0) is 21.4. The lowest BCUT2D eigenvalue weighted by molar-refractivity contribution is -0.116. The molecule has 2 N–H and O–H groups in total. The number of rotatable bonds is 5. The number of H-pyrrole nitrogens is 1. The highest BCUT2D eigenvalue weighted by molar-refractivity contribution is 6.31. The Balaban J connectivity index is 1.67. The van der Waals surface area contributed by atoms with E-state index in [4.69, 9.17) is 21.1 Å². The molecule has 0 saturated carbocycles. The maximum Gasteiger partial charge on any atom is 0.278 e. The van der Waals surface area contributed by atoms with E-state index in [1.165, 1.54) is 37.2 Å². The molecule has 0 aliphatic rings. The zero-order valence-electron chi connectivity index (χ0n) is 16.0. The Hall–Kier alpha value is -3.59. The number of methoxy groups -OCH3 is 2. The number of anilines is 1. The summed E-state index contributed by atoms with van der Waals surface area (Å²) in [6.45, 7) is -0.279. The predicted octanol–water partition coefficient (Wildman–Crippen LogP) is 3.33. The number of fused-ring (bicyclic) bond motifs is 3. The maximum atomic E-state index is 13.2. The minimum atomic E-state index is -0.590. The summed E-state index contributed by atoms with van der Waals surface area (Å²) in [5.41, 5.74) is 1.26. The van der Waals surface area contributed by atoms with Gasteiger partial charge in [0, 0.05) is 17.1 Å². The molecule has 30 heavy (non-hydrogen) atoms. The number of nitrogens with zero attached hydrogens (tertiary/aromatic N) is 2. The number of aromatic amines is 1. The lowest BCUT2D eigenvalue weighted by Gasteiger charge is -2.08. The first kappa shape index (κ1) is 19.7. The highest BCUT2D eigenvalue weighted by Gasteiger charge is 2.16. The molecule has 8 nitrogen and oxygen atoms in total. The minimum Gasteiger partial charge on any atom is -0.493 e. The number of hydrogen-bond acceptors (Lipinski definition) is 5. The van der Waals surface area contributed by atoms with Crippen molar-refractivity contribution >= 4 is 45.1 Å². The first-order valence-corrected chi connectivity index (χ1v) is 9.17. The van der Waals surface area contributed by atoms with E-state index in [0.29, 0.717) is 33.6 Å². The largest absolute Gasteiger partial charge is 0.493 e. The van der Waals surface area contributed by atoms with Crippen LogP contribution in [0.4, 0.5) is 10.1 Å². The summed E-state index contributed by atoms with van der Waals surface area (Å²) in [5, 5.41) is 3.15. The zero-order valence-corrected chi connectivity index (χ0v) is 16.7. The van der Waals surface area contributed by atoms with Gasteiger partial charge in [0.15, 0.2) is 11.5 Å². The molecule has 4 rings (SSSR count). The molecule has 0 unspecified atom stereocenters. The molecule has 0 spiro atoms. The van der Waals surface area contributed by atoms with Gasteiger partial charge in [-0.15, -0.1) is 0 Å². The van der Waals surface area contributed by atoms with Gasteiger partial charge in [0.25, 0.3) is 5.56 Å². The summed E-state index contributed by atoms with van der Waals surface area (Å²) in [4.78, 5) is 32.6. The Bertz CT molecular complexity index is 1350. The monoisotopic (exact) mass is 430 g/mol. The second-order valence-electron chi connectivity index (χ2n) is 6.46. The van der Waals surface area contributed by atoms with Gasteiger partial charge in [-0.05, 0) is 24.3 Å². The molecule has 2 heterocycles. The van der Waals surface area contributed by atoms with Crippen LogP contribution >= 0.6 is 11.6 Å². The molecule has 0 bridgehead atoms. The van der Waals surface area contributed by atoms with Gasteiger partial charge in [-0.1, -0.05) is 11.6 Å². The van der Waals surface area contributed by atoms with Crippen LogP contribution in [0.3, 0.4) is 0 Å². The van der Waals surface area contributed by atoms with Crippen LogP contribution in [-0.4, -0.2) is 34.7 Å². The van der Waals surface area contributed by atoms with Crippen LogP contribution in [-0.2, 0) is 11.3 Å². The molecule has 0 atom stereocenters. The third-order valence-corrected chi connectivity index (χ3v) is 4.88. The molecule has 0 radical (unpaired) electrons. The first-order valence-electron chi connectivity index (χ1n) is 8.79. The smallest absolute Gasteiger partial charge is 0.278 e. The van der Waals surface area contributed by atoms with Crippen LogP contribution in [0.5, 0.6) is 11.5 Å². The van der Waals surface area contributed by atoms with Crippen molar-refractivity contribution in [2.45, 2.75) is 6.54 Å². The van der Waals surface area contributed by atoms with Crippen LogP contribution in [0, 0.1) is 5.82 Å². The highest BCUT2D eigenvalue weighted by Crippen LogP contribution is 2.34. The number of halogens is 2. The molecular formula is C20H16ClFN4O4. The van der Waals surface area contributed by atoms with E-state index in [-0.39, 0.29) is 17.1 Å². The van der Waals surface area contributed by atoms with E-state index < -0.39 is 17.3 Å². The van der Waals surface area contributed by atoms with E-state index in [9.17, 15) is 14.0 Å². The molecule has 10 heteroatoms. The Morgan fingerprint density at radius 1 is 1.23 bits per heavy atom. The van der Waals surface area contributed by atoms with Gasteiger partial charge in [-0.3, -0.25) is 14.2 Å². The Kier molecular flexibility index (Phi) is 5.04. The van der Waals surface area contributed by atoms with Crippen LogP contribution in [0.2, 0.25) is 5.02 Å². The SMILES string of the molecule is COc1cc2[nH]c3c(=O)n(CC(=O)Nc4ccc(F)c(Cl)c4)cnc3c2cc1OC. The third kappa shape index (κ3) is 3.43. The standard InChI is InChI=1S/C20H16ClFN4O4/c1-29-15-6-11-14(7-16(15)30-2)25-19-18(11)23-9-26(20(19)28)8-17(27)24-10-3-4-13(22)12(21)5-10/h3-7,9,25H,8H2,1-2H3,(H,24,27). The van der Waals surface area contributed by atoms with E-state index >= 15 is 0 Å². The maximum absolute atomic E-state index is 13.2. The quantitative estimate of drug-likeness (QED) is 0.506. The Morgan fingerprint density at radius 3 is 2.67 bits per heavy atom. The average molecular weight is 431 g/mol. The molecule has 0 aliphatic heterocycles. The molecule has 4 aromatic rings. The molecular weight excluding hydrogens is 415 g/mol. The third-order valence-electron chi connectivity index (χ3n) is 4.59. The number of ether oxygens (including phenoxy) is 2. The van der Waals surface area contributed by atoms with Crippen LogP contribution in [0.1, 0.15) is 0 Å². The fourth-order valence-electron chi connectivity index (χ4n) is 3.16. The number of benzene rings is 2. The summed E-state index contributed by atoms with van der Waals surface area (Å²) in [5.74, 6) is -0.0589. The molecule has 154 valence electrons. The number of carbonyl (C=O) groups is 1. The Morgan fingerprint density at radius 2 is 1.97 bits per heavy atom. The first-order chi connectivity index (χ1) is 14.4. The lowest BCUT2D eigenvalue weighted by Crippen LogP contribution is -2.28. The topological polar surface area (TPSA) is 98.2 Å². The van der Waals surface area contributed by atoms with Crippen molar-refractivity contribution in [1.82, 2.24) is 14.5 Å². The number of carbonyl (C=O) groups excluding carboxylic acids is 1. The van der Waals surface area contributed by atoms with Crippen LogP contribution in [0.25, 0.3) is 21.9 Å². The van der Waals surface area contributed by atoms with Gasteiger partial charge in [0.1, 0.15) is 23.4 Å². The highest BCUT2D eigenvalue weighted by atomic mass is 35.5. The van der Waals surface area contributed by atoms with Gasteiger partial charge in [-0.2, -0.15) is 0 Å². The van der Waals surface area contributed by atoms with Gasteiger partial charge in [-0.25, -0.2) is 9.37 Å². The fourth-order valence-corrected chi connectivity index (χ4v) is 3.34. The number of amides is 1. The predicted molar refractivity (Wildman–Crippen MR) is 111 cm³/mol. The number of aromatic nitrogens is 3. The molecule has 0 saturated heterocycles. The second kappa shape index (κ2) is 7.68. The number of hydrogen-bond donors (Lipinski definition) is 2. The normalized spacial score (nSPS) is 11.1. The second-order valence-corrected chi connectivity index (χ2v) is 6.86. The van der Waals surface area contributed by atoms with Gasteiger partial charge < -0.3 is 19.8 Å². The molecule has 2 aromatic heterocycles. The molecule has 0 fully saturated rings. The van der Waals surface area contributed by atoms with Crippen molar-refractivity contribution in [3.05, 3.63) is 57.9 Å². The molecule has 2 aromatic carbocycles. The van der Waals surface area contributed by atoms with Crippen LogP contribution in [0.15, 0.2) is 41.5 Å². The molecule has 0 aliphatic carbocycles.